The number of thiophene rings is 1. The van der Waals surface area contributed by atoms with Crippen molar-refractivity contribution >= 4 is 27.5 Å². The zero-order chi connectivity index (χ0) is 15.7. The molecule has 0 fully saturated rings. The fourth-order valence-corrected chi connectivity index (χ4v) is 3.60. The average Bonchev–Trinajstić information content (AvgIpc) is 2.90. The number of nitrogens with two attached hydrogens (primary N) is 1. The van der Waals surface area contributed by atoms with Gasteiger partial charge in [0.05, 0.1) is 24.4 Å². The molecule has 1 aliphatic carbocycles. The van der Waals surface area contributed by atoms with Crippen molar-refractivity contribution in [2.75, 3.05) is 20.0 Å². The highest BCUT2D eigenvalue weighted by atomic mass is 32.1. The third kappa shape index (κ3) is 2.77. The SMILES string of the molecule is COC1=CC=C(Cc2cc3c(=O)[nH]c(N)nc3s2)C(OC)C1. The number of aromatic nitrogens is 2. The van der Waals surface area contributed by atoms with Crippen LogP contribution in [0.15, 0.2) is 34.3 Å². The summed E-state index contributed by atoms with van der Waals surface area (Å²) in [5.74, 6) is 1.04. The number of aromatic amines is 1. The van der Waals surface area contributed by atoms with Crippen molar-refractivity contribution in [3.63, 3.8) is 0 Å². The molecule has 6 nitrogen and oxygen atoms in total. The molecular weight excluding hydrogens is 302 g/mol. The summed E-state index contributed by atoms with van der Waals surface area (Å²) in [4.78, 5) is 20.3. The molecule has 1 atom stereocenters. The zero-order valence-corrected chi connectivity index (χ0v) is 13.2. The number of nitrogen functional groups attached to an aromatic ring is 1. The lowest BCUT2D eigenvalue weighted by molar-refractivity contribution is 0.111. The van der Waals surface area contributed by atoms with Crippen LogP contribution in [-0.2, 0) is 15.9 Å². The fraction of sp³-hybridized carbons (Fsp3) is 0.333. The first-order valence-corrected chi connectivity index (χ1v) is 7.67. The number of allylic oxidation sites excluding steroid dienone is 2. The molecule has 2 aromatic heterocycles. The van der Waals surface area contributed by atoms with Gasteiger partial charge >= 0.3 is 0 Å². The van der Waals surface area contributed by atoms with Crippen molar-refractivity contribution in [3.8, 4) is 0 Å². The molecule has 7 heteroatoms. The highest BCUT2D eigenvalue weighted by Crippen LogP contribution is 2.29. The number of methoxy groups -OCH3 is 2. The van der Waals surface area contributed by atoms with Gasteiger partial charge in [0.15, 0.2) is 0 Å². The molecule has 22 heavy (non-hydrogen) atoms. The molecule has 0 spiro atoms. The molecule has 0 amide bonds. The molecule has 0 radical (unpaired) electrons. The smallest absolute Gasteiger partial charge is 0.261 e. The summed E-state index contributed by atoms with van der Waals surface area (Å²) in [6, 6.07) is 1.87. The largest absolute Gasteiger partial charge is 0.501 e. The van der Waals surface area contributed by atoms with E-state index in [1.807, 2.05) is 18.2 Å². The molecule has 0 aliphatic heterocycles. The van der Waals surface area contributed by atoms with E-state index in [0.717, 1.165) is 22.6 Å². The lowest BCUT2D eigenvalue weighted by atomic mass is 9.97. The van der Waals surface area contributed by atoms with Crippen LogP contribution in [0.1, 0.15) is 11.3 Å². The van der Waals surface area contributed by atoms with Crippen molar-refractivity contribution in [3.05, 3.63) is 44.8 Å². The van der Waals surface area contributed by atoms with Crippen LogP contribution in [0.3, 0.4) is 0 Å². The van der Waals surface area contributed by atoms with Crippen molar-refractivity contribution in [1.29, 1.82) is 0 Å². The second kappa shape index (κ2) is 5.94. The number of fused-ring (bicyclic) bond motifs is 1. The predicted molar refractivity (Wildman–Crippen MR) is 86.9 cm³/mol. The van der Waals surface area contributed by atoms with E-state index in [0.29, 0.717) is 16.6 Å². The standard InChI is InChI=1S/C15H17N3O3S/c1-20-9-4-3-8(12(6-9)21-2)5-10-7-11-13(19)17-15(16)18-14(11)22-10/h3-4,7,12H,5-6H2,1-2H3,(H3,16,17,18,19). The molecule has 0 saturated carbocycles. The van der Waals surface area contributed by atoms with Gasteiger partial charge in [-0.2, -0.15) is 0 Å². The van der Waals surface area contributed by atoms with Crippen molar-refractivity contribution in [1.82, 2.24) is 9.97 Å². The Morgan fingerprint density at radius 2 is 2.27 bits per heavy atom. The minimum absolute atomic E-state index is 0.0125. The Kier molecular flexibility index (Phi) is 4.00. The molecule has 2 aromatic rings. The quantitative estimate of drug-likeness (QED) is 0.899. The molecule has 116 valence electrons. The van der Waals surface area contributed by atoms with Gasteiger partial charge in [0.1, 0.15) is 4.83 Å². The van der Waals surface area contributed by atoms with Crippen LogP contribution in [0.2, 0.25) is 0 Å². The maximum atomic E-state index is 11.9. The van der Waals surface area contributed by atoms with Crippen LogP contribution in [0.5, 0.6) is 0 Å². The lowest BCUT2D eigenvalue weighted by Gasteiger charge is -2.23. The number of ether oxygens (including phenoxy) is 2. The van der Waals surface area contributed by atoms with Crippen molar-refractivity contribution in [2.45, 2.75) is 18.9 Å². The van der Waals surface area contributed by atoms with E-state index >= 15 is 0 Å². The molecule has 3 rings (SSSR count). The van der Waals surface area contributed by atoms with Gasteiger partial charge in [0.25, 0.3) is 5.56 Å². The summed E-state index contributed by atoms with van der Waals surface area (Å²) in [6.07, 6.45) is 5.40. The Bertz CT molecular complexity index is 819. The minimum Gasteiger partial charge on any atom is -0.501 e. The molecule has 1 aliphatic rings. The van der Waals surface area contributed by atoms with Crippen molar-refractivity contribution in [2.24, 2.45) is 0 Å². The number of anilines is 1. The topological polar surface area (TPSA) is 90.2 Å². The van der Waals surface area contributed by atoms with Gasteiger partial charge in [-0.15, -0.1) is 11.3 Å². The first-order valence-electron chi connectivity index (χ1n) is 6.85. The number of H-pyrrole nitrogens is 1. The summed E-state index contributed by atoms with van der Waals surface area (Å²) in [5, 5.41) is 0.577. The van der Waals surface area contributed by atoms with Crippen LogP contribution in [0, 0.1) is 0 Å². The molecule has 0 saturated heterocycles. The molecular formula is C15H17N3O3S. The molecule has 2 heterocycles. The van der Waals surface area contributed by atoms with E-state index in [4.69, 9.17) is 15.2 Å². The Balaban J connectivity index is 1.92. The Morgan fingerprint density at radius 3 is 3.00 bits per heavy atom. The predicted octanol–water partition coefficient (Wildman–Crippen LogP) is 1.98. The molecule has 0 aromatic carbocycles. The lowest BCUT2D eigenvalue weighted by Crippen LogP contribution is -2.19. The highest BCUT2D eigenvalue weighted by Gasteiger charge is 2.21. The van der Waals surface area contributed by atoms with E-state index in [1.54, 1.807) is 14.2 Å². The van der Waals surface area contributed by atoms with Gasteiger partial charge in [-0.1, -0.05) is 6.08 Å². The molecule has 0 bridgehead atoms. The number of hydrogen-bond acceptors (Lipinski definition) is 6. The van der Waals surface area contributed by atoms with Crippen LogP contribution < -0.4 is 11.3 Å². The Labute approximate surface area is 131 Å². The van der Waals surface area contributed by atoms with Crippen LogP contribution in [-0.4, -0.2) is 30.3 Å². The Hall–Kier alpha value is -2.12. The summed E-state index contributed by atoms with van der Waals surface area (Å²) in [6.45, 7) is 0. The zero-order valence-electron chi connectivity index (χ0n) is 12.4. The summed E-state index contributed by atoms with van der Waals surface area (Å²) >= 11 is 1.48. The maximum Gasteiger partial charge on any atom is 0.261 e. The number of hydrogen-bond donors (Lipinski definition) is 2. The second-order valence-electron chi connectivity index (χ2n) is 5.07. The number of nitrogens with one attached hydrogen (secondary N) is 1. The fourth-order valence-electron chi connectivity index (χ4n) is 2.53. The van der Waals surface area contributed by atoms with Crippen LogP contribution >= 0.6 is 11.3 Å². The van der Waals surface area contributed by atoms with E-state index in [1.165, 1.54) is 11.3 Å². The number of rotatable bonds is 4. The second-order valence-corrected chi connectivity index (χ2v) is 6.18. The van der Waals surface area contributed by atoms with Crippen molar-refractivity contribution < 1.29 is 9.47 Å². The monoisotopic (exact) mass is 319 g/mol. The maximum absolute atomic E-state index is 11.9. The average molecular weight is 319 g/mol. The van der Waals surface area contributed by atoms with Gasteiger partial charge in [0.2, 0.25) is 5.95 Å². The van der Waals surface area contributed by atoms with Crippen LogP contribution in [0.4, 0.5) is 5.95 Å². The Morgan fingerprint density at radius 1 is 1.45 bits per heavy atom. The molecule has 1 unspecified atom stereocenters. The highest BCUT2D eigenvalue weighted by molar-refractivity contribution is 7.18. The van der Waals surface area contributed by atoms with Gasteiger partial charge < -0.3 is 15.2 Å². The minimum atomic E-state index is -0.201. The summed E-state index contributed by atoms with van der Waals surface area (Å²) in [5.41, 5.74) is 6.53. The number of nitrogens with zero attached hydrogens (tertiary/aromatic N) is 1. The first-order chi connectivity index (χ1) is 10.6. The van der Waals surface area contributed by atoms with Gasteiger partial charge in [-0.05, 0) is 17.7 Å². The third-order valence-electron chi connectivity index (χ3n) is 3.68. The van der Waals surface area contributed by atoms with E-state index in [-0.39, 0.29) is 17.6 Å². The van der Waals surface area contributed by atoms with Gasteiger partial charge in [0, 0.05) is 24.8 Å². The van der Waals surface area contributed by atoms with E-state index in [9.17, 15) is 4.79 Å². The van der Waals surface area contributed by atoms with Gasteiger partial charge in [-0.25, -0.2) is 4.98 Å². The summed E-state index contributed by atoms with van der Waals surface area (Å²) < 4.78 is 10.8. The third-order valence-corrected chi connectivity index (χ3v) is 4.71. The van der Waals surface area contributed by atoms with E-state index in [2.05, 4.69) is 9.97 Å². The van der Waals surface area contributed by atoms with E-state index < -0.39 is 0 Å². The molecule has 3 N–H and O–H groups in total. The first kappa shape index (κ1) is 14.8. The van der Waals surface area contributed by atoms with Gasteiger partial charge in [-0.3, -0.25) is 9.78 Å². The normalized spacial score (nSPS) is 18.2. The van der Waals surface area contributed by atoms with Crippen LogP contribution in [0.25, 0.3) is 10.2 Å². The summed E-state index contributed by atoms with van der Waals surface area (Å²) in [7, 11) is 3.35.